The standard InChI is InChI=1S/2C10H10F7O2.Cu/c2*1-7(2,3)5(18)4-6(19)8(11,12)9(13,14)10(15,16)17;/h2*4H,1-3H3;/q2*-1;. The molecule has 4 nitrogen and oxygen atoms in total. The predicted octanol–water partition coefficient (Wildman–Crippen LogP) is 6.41. The van der Waals surface area contributed by atoms with Crippen LogP contribution in [-0.2, 0) is 36.2 Å². The molecule has 0 spiro atoms. The van der Waals surface area contributed by atoms with Crippen LogP contribution in [0.3, 0.4) is 0 Å². The Morgan fingerprint density at radius 3 is 0.718 bits per heavy atom. The van der Waals surface area contributed by atoms with Gasteiger partial charge in [-0.05, 0) is 10.8 Å². The Labute approximate surface area is 222 Å². The number of halogens is 14. The zero-order valence-corrected chi connectivity index (χ0v) is 21.3. The van der Waals surface area contributed by atoms with Crippen molar-refractivity contribution in [3.63, 3.8) is 0 Å². The van der Waals surface area contributed by atoms with Gasteiger partial charge in [-0.1, -0.05) is 41.5 Å². The van der Waals surface area contributed by atoms with Crippen molar-refractivity contribution in [3.8, 4) is 0 Å². The Kier molecular flexibility index (Phi) is 13.0. The van der Waals surface area contributed by atoms with Crippen LogP contribution < -0.4 is 0 Å². The Morgan fingerprint density at radius 1 is 0.410 bits per heavy atom. The number of ketones is 4. The normalized spacial score (nSPS) is 13.8. The average Bonchev–Trinajstić information content (AvgIpc) is 2.64. The quantitative estimate of drug-likeness (QED) is 0.131. The molecule has 39 heavy (non-hydrogen) atoms. The summed E-state index contributed by atoms with van der Waals surface area (Å²) < 4.78 is 172. The van der Waals surface area contributed by atoms with E-state index >= 15 is 0 Å². The maximum absolute atomic E-state index is 12.8. The summed E-state index contributed by atoms with van der Waals surface area (Å²) in [6.07, 6.45) is -14.1. The fourth-order valence-corrected chi connectivity index (χ4v) is 1.52. The minimum absolute atomic E-state index is 0. The van der Waals surface area contributed by atoms with E-state index in [0.29, 0.717) is 0 Å². The molecule has 0 fully saturated rings. The largest absolute Gasteiger partial charge is 0.460 e. The molecule has 0 aliphatic carbocycles. The Morgan fingerprint density at radius 2 is 0.590 bits per heavy atom. The van der Waals surface area contributed by atoms with E-state index in [9.17, 15) is 80.6 Å². The van der Waals surface area contributed by atoms with Crippen molar-refractivity contribution in [2.45, 2.75) is 77.6 Å². The third-order valence-corrected chi connectivity index (χ3v) is 4.12. The zero-order valence-electron chi connectivity index (χ0n) is 20.4. The van der Waals surface area contributed by atoms with Gasteiger partial charge in [0.05, 0.1) is 11.6 Å². The van der Waals surface area contributed by atoms with Crippen LogP contribution >= 0.6 is 0 Å². The monoisotopic (exact) mass is 653 g/mol. The average molecular weight is 654 g/mol. The number of rotatable bonds is 8. The molecule has 0 rings (SSSR count). The molecule has 0 N–H and O–H groups in total. The van der Waals surface area contributed by atoms with E-state index < -0.39 is 82.8 Å². The first-order chi connectivity index (χ1) is 16.1. The van der Waals surface area contributed by atoms with Crippen LogP contribution in [0, 0.1) is 23.7 Å². The topological polar surface area (TPSA) is 68.3 Å². The van der Waals surface area contributed by atoms with E-state index in [-0.39, 0.29) is 17.1 Å². The van der Waals surface area contributed by atoms with E-state index in [2.05, 4.69) is 0 Å². The van der Waals surface area contributed by atoms with Crippen LogP contribution in [0.4, 0.5) is 61.5 Å². The van der Waals surface area contributed by atoms with Crippen molar-refractivity contribution in [1.82, 2.24) is 0 Å². The molecule has 0 aromatic heterocycles. The third kappa shape index (κ3) is 9.53. The van der Waals surface area contributed by atoms with Crippen molar-refractivity contribution >= 4 is 23.1 Å². The van der Waals surface area contributed by atoms with Crippen molar-refractivity contribution in [2.75, 3.05) is 0 Å². The summed E-state index contributed by atoms with van der Waals surface area (Å²) in [5, 5.41) is 0. The first-order valence-electron chi connectivity index (χ1n) is 9.62. The molecule has 0 aliphatic heterocycles. The zero-order chi connectivity index (χ0) is 31.7. The minimum Gasteiger partial charge on any atom is -0.333 e. The fourth-order valence-electron chi connectivity index (χ4n) is 1.52. The van der Waals surface area contributed by atoms with Gasteiger partial charge in [0.2, 0.25) is 0 Å². The van der Waals surface area contributed by atoms with Gasteiger partial charge in [-0.3, -0.25) is 12.8 Å². The molecule has 0 atom stereocenters. The number of carbonyl (C=O) groups is 4. The van der Waals surface area contributed by atoms with Crippen LogP contribution in [0.25, 0.3) is 0 Å². The molecule has 0 amide bonds. The molecule has 19 heteroatoms. The van der Waals surface area contributed by atoms with Crippen molar-refractivity contribution < 1.29 is 97.7 Å². The molecule has 0 bridgehead atoms. The Balaban J connectivity index is -0.000000648. The fraction of sp³-hybridized carbons (Fsp3) is 0.700. The summed E-state index contributed by atoms with van der Waals surface area (Å²) >= 11 is 0. The van der Waals surface area contributed by atoms with E-state index in [1.807, 2.05) is 0 Å². The van der Waals surface area contributed by atoms with E-state index in [0.717, 1.165) is 0 Å². The van der Waals surface area contributed by atoms with Crippen molar-refractivity contribution in [1.29, 1.82) is 0 Å². The Hall–Kier alpha value is -2.04. The summed E-state index contributed by atoms with van der Waals surface area (Å²) in [4.78, 5) is 43.9. The van der Waals surface area contributed by atoms with Gasteiger partial charge in [0.15, 0.2) is 0 Å². The van der Waals surface area contributed by atoms with Gasteiger partial charge in [0.1, 0.15) is 0 Å². The molecule has 235 valence electrons. The number of alkyl halides is 14. The van der Waals surface area contributed by atoms with Crippen LogP contribution in [0.1, 0.15) is 41.5 Å². The SMILES string of the molecule is CC(C)(C)C(=O)[CH-]C(=O)C(F)(F)C(F)(F)C(F)(F)F.CC(C)(C)C(=O)[CH-]C(=O)C(F)(F)C(F)(F)C(F)(F)F.[Cu]. The first kappa shape index (κ1) is 41.4. The van der Waals surface area contributed by atoms with Gasteiger partial charge in [0, 0.05) is 28.6 Å². The van der Waals surface area contributed by atoms with Gasteiger partial charge >= 0.3 is 36.0 Å². The summed E-state index contributed by atoms with van der Waals surface area (Å²) in [6, 6.07) is 0. The van der Waals surface area contributed by atoms with Gasteiger partial charge < -0.3 is 19.2 Å². The maximum Gasteiger partial charge on any atom is 0.460 e. The second-order valence-corrected chi connectivity index (χ2v) is 9.54. The molecular weight excluding hydrogens is 634 g/mol. The molecular formula is C20H20CuF14O4-2. The number of Topliss-reactive ketones (excluding diaryl/α,β-unsaturated/α-hetero) is 4. The molecule has 1 radical (unpaired) electrons. The second-order valence-electron chi connectivity index (χ2n) is 9.54. The summed E-state index contributed by atoms with van der Waals surface area (Å²) in [5.41, 5.74) is -2.72. The molecule has 0 unspecified atom stereocenters. The molecule has 0 aliphatic rings. The molecule has 0 aromatic carbocycles. The maximum atomic E-state index is 12.8. The summed E-state index contributed by atoms with van der Waals surface area (Å²) in [6.45, 7) is 7.08. The van der Waals surface area contributed by atoms with E-state index in [4.69, 9.17) is 0 Å². The van der Waals surface area contributed by atoms with Gasteiger partial charge in [0.25, 0.3) is 0 Å². The van der Waals surface area contributed by atoms with E-state index in [1.165, 1.54) is 41.5 Å². The first-order valence-corrected chi connectivity index (χ1v) is 9.62. The molecule has 0 aromatic rings. The van der Waals surface area contributed by atoms with Crippen LogP contribution in [0.2, 0.25) is 0 Å². The Bertz CT molecular complexity index is 833. The smallest absolute Gasteiger partial charge is 0.333 e. The van der Waals surface area contributed by atoms with Gasteiger partial charge in [-0.25, -0.2) is 0 Å². The summed E-state index contributed by atoms with van der Waals surface area (Å²) in [7, 11) is 0. The molecule has 0 heterocycles. The van der Waals surface area contributed by atoms with Crippen LogP contribution in [0.5, 0.6) is 0 Å². The predicted molar refractivity (Wildman–Crippen MR) is 99.4 cm³/mol. The number of carbonyl (C=O) groups excluding carboxylic acids is 4. The second kappa shape index (κ2) is 12.2. The summed E-state index contributed by atoms with van der Waals surface area (Å²) in [5.74, 6) is -33.5. The third-order valence-electron chi connectivity index (χ3n) is 4.12. The molecule has 0 saturated heterocycles. The van der Waals surface area contributed by atoms with Crippen LogP contribution in [0.15, 0.2) is 0 Å². The van der Waals surface area contributed by atoms with Gasteiger partial charge in [-0.15, -0.1) is 0 Å². The van der Waals surface area contributed by atoms with E-state index in [1.54, 1.807) is 0 Å². The minimum atomic E-state index is -6.61. The molecule has 0 saturated carbocycles. The van der Waals surface area contributed by atoms with Crippen LogP contribution in [-0.4, -0.2) is 59.2 Å². The van der Waals surface area contributed by atoms with Gasteiger partial charge in [-0.2, -0.15) is 61.5 Å². The number of hydrogen-bond acceptors (Lipinski definition) is 4. The van der Waals surface area contributed by atoms with Crippen molar-refractivity contribution in [3.05, 3.63) is 12.8 Å². The number of hydrogen-bond donors (Lipinski definition) is 0. The van der Waals surface area contributed by atoms with Crippen molar-refractivity contribution in [2.24, 2.45) is 10.8 Å².